The highest BCUT2D eigenvalue weighted by atomic mass is 32.1. The Morgan fingerprint density at radius 1 is 1.06 bits per heavy atom. The number of nitrogens with one attached hydrogen (secondary N) is 1. The van der Waals surface area contributed by atoms with E-state index in [1.54, 1.807) is 4.68 Å². The van der Waals surface area contributed by atoms with Crippen molar-refractivity contribution in [1.82, 2.24) is 9.78 Å². The molecule has 2 aromatic carbocycles. The van der Waals surface area contributed by atoms with Crippen molar-refractivity contribution in [2.24, 2.45) is 5.92 Å². The first-order valence-electron chi connectivity index (χ1n) is 11.7. The molecule has 2 aromatic heterocycles. The first-order valence-corrected chi connectivity index (χ1v) is 12.5. The molecule has 5 rings (SSSR count). The lowest BCUT2D eigenvalue weighted by Gasteiger charge is -2.18. The standard InChI is InChI=1S/C28H27N3O3S/c1-17-14-15-21-22(16-17)35-27(24(21)28(33)34-3)29-26(32)23-18(2)31(20-12-8-5-9-13-20)30-25(23)19-10-6-4-7-11-19/h4-13,17H,14-16H2,1-3H3,(H,29,32)/t17-/m0/s1. The number of esters is 1. The lowest BCUT2D eigenvalue weighted by molar-refractivity contribution is 0.0601. The Hall–Kier alpha value is -3.71. The van der Waals surface area contributed by atoms with Crippen molar-refractivity contribution in [3.8, 4) is 16.9 Å². The Balaban J connectivity index is 1.60. The SMILES string of the molecule is COC(=O)c1c(NC(=O)c2c(-c3ccccc3)nn(-c3ccccc3)c2C)sc2c1CC[C@H](C)C2. The zero-order valence-corrected chi connectivity index (χ0v) is 20.8. The Labute approximate surface area is 208 Å². The van der Waals surface area contributed by atoms with E-state index in [2.05, 4.69) is 12.2 Å². The van der Waals surface area contributed by atoms with Gasteiger partial charge in [0, 0.05) is 10.4 Å². The van der Waals surface area contributed by atoms with Gasteiger partial charge in [-0.3, -0.25) is 4.79 Å². The molecule has 4 aromatic rings. The number of fused-ring (bicyclic) bond motifs is 1. The number of methoxy groups -OCH3 is 1. The maximum Gasteiger partial charge on any atom is 0.341 e. The Morgan fingerprint density at radius 3 is 2.43 bits per heavy atom. The van der Waals surface area contributed by atoms with E-state index in [0.717, 1.165) is 46.6 Å². The van der Waals surface area contributed by atoms with E-state index in [1.807, 2.05) is 67.6 Å². The molecule has 1 aliphatic rings. The largest absolute Gasteiger partial charge is 0.465 e. The minimum absolute atomic E-state index is 0.291. The van der Waals surface area contributed by atoms with Crippen LogP contribution in [0.3, 0.4) is 0 Å². The number of thiophene rings is 1. The number of aromatic nitrogens is 2. The maximum absolute atomic E-state index is 13.8. The van der Waals surface area contributed by atoms with Crippen LogP contribution in [0.5, 0.6) is 0 Å². The molecule has 1 N–H and O–H groups in total. The monoisotopic (exact) mass is 485 g/mol. The minimum atomic E-state index is -0.410. The van der Waals surface area contributed by atoms with Gasteiger partial charge in [0.05, 0.1) is 29.6 Å². The fourth-order valence-corrected chi connectivity index (χ4v) is 6.11. The van der Waals surface area contributed by atoms with Gasteiger partial charge in [-0.2, -0.15) is 5.10 Å². The summed E-state index contributed by atoms with van der Waals surface area (Å²) in [7, 11) is 1.38. The first-order chi connectivity index (χ1) is 17.0. The lowest BCUT2D eigenvalue weighted by Crippen LogP contribution is -2.17. The van der Waals surface area contributed by atoms with Gasteiger partial charge in [-0.25, -0.2) is 9.48 Å². The zero-order chi connectivity index (χ0) is 24.5. The average Bonchev–Trinajstić information content (AvgIpc) is 3.41. The summed E-state index contributed by atoms with van der Waals surface area (Å²) in [5, 5.41) is 8.43. The molecule has 0 radical (unpaired) electrons. The van der Waals surface area contributed by atoms with Crippen LogP contribution in [0, 0.1) is 12.8 Å². The third-order valence-electron chi connectivity index (χ3n) is 6.52. The van der Waals surface area contributed by atoms with E-state index in [1.165, 1.54) is 18.4 Å². The van der Waals surface area contributed by atoms with Gasteiger partial charge in [0.25, 0.3) is 5.91 Å². The van der Waals surface area contributed by atoms with Crippen molar-refractivity contribution in [3.05, 3.63) is 87.9 Å². The number of hydrogen-bond donors (Lipinski definition) is 1. The van der Waals surface area contributed by atoms with Crippen molar-refractivity contribution >= 4 is 28.2 Å². The molecule has 0 unspecified atom stereocenters. The van der Waals surface area contributed by atoms with Crippen LogP contribution in [0.25, 0.3) is 16.9 Å². The molecule has 7 heteroatoms. The molecule has 178 valence electrons. The van der Waals surface area contributed by atoms with Crippen LogP contribution in [-0.4, -0.2) is 28.8 Å². The van der Waals surface area contributed by atoms with E-state index in [4.69, 9.17) is 9.84 Å². The molecule has 0 bridgehead atoms. The van der Waals surface area contributed by atoms with Crippen LogP contribution in [0.2, 0.25) is 0 Å². The Morgan fingerprint density at radius 2 is 1.74 bits per heavy atom. The van der Waals surface area contributed by atoms with Crippen LogP contribution in [0.15, 0.2) is 60.7 Å². The van der Waals surface area contributed by atoms with Crippen molar-refractivity contribution in [2.45, 2.75) is 33.1 Å². The Kier molecular flexibility index (Phi) is 6.26. The number of carbonyl (C=O) groups excluding carboxylic acids is 2. The molecule has 35 heavy (non-hydrogen) atoms. The van der Waals surface area contributed by atoms with E-state index >= 15 is 0 Å². The van der Waals surface area contributed by atoms with Crippen LogP contribution in [0.4, 0.5) is 5.00 Å². The summed E-state index contributed by atoms with van der Waals surface area (Å²) in [5.74, 6) is -0.154. The smallest absolute Gasteiger partial charge is 0.341 e. The minimum Gasteiger partial charge on any atom is -0.465 e. The molecule has 6 nitrogen and oxygen atoms in total. The number of anilines is 1. The number of carbonyl (C=O) groups is 2. The van der Waals surface area contributed by atoms with Gasteiger partial charge < -0.3 is 10.1 Å². The quantitative estimate of drug-likeness (QED) is 0.348. The van der Waals surface area contributed by atoms with Crippen molar-refractivity contribution in [3.63, 3.8) is 0 Å². The molecular weight excluding hydrogens is 458 g/mol. The van der Waals surface area contributed by atoms with Crippen molar-refractivity contribution in [2.75, 3.05) is 12.4 Å². The Bertz CT molecular complexity index is 1390. The van der Waals surface area contributed by atoms with Crippen LogP contribution < -0.4 is 5.32 Å². The summed E-state index contributed by atoms with van der Waals surface area (Å²) >= 11 is 1.48. The van der Waals surface area contributed by atoms with E-state index in [-0.39, 0.29) is 5.91 Å². The third kappa shape index (κ3) is 4.28. The number of nitrogens with zero attached hydrogens (tertiary/aromatic N) is 2. The average molecular weight is 486 g/mol. The van der Waals surface area contributed by atoms with Gasteiger partial charge in [0.2, 0.25) is 0 Å². The summed E-state index contributed by atoms with van der Waals surface area (Å²) in [6.45, 7) is 4.11. The van der Waals surface area contributed by atoms with E-state index in [0.29, 0.717) is 27.7 Å². The summed E-state index contributed by atoms with van der Waals surface area (Å²) < 4.78 is 6.89. The fourth-order valence-electron chi connectivity index (χ4n) is 4.72. The normalized spacial score (nSPS) is 14.9. The highest BCUT2D eigenvalue weighted by molar-refractivity contribution is 7.17. The summed E-state index contributed by atoms with van der Waals surface area (Å²) in [6, 6.07) is 19.4. The zero-order valence-electron chi connectivity index (χ0n) is 20.0. The first kappa shape index (κ1) is 23.1. The third-order valence-corrected chi connectivity index (χ3v) is 7.69. The predicted octanol–water partition coefficient (Wildman–Crippen LogP) is 6.07. The molecule has 1 amide bonds. The molecule has 0 spiro atoms. The number of amides is 1. The maximum atomic E-state index is 13.8. The van der Waals surface area contributed by atoms with Gasteiger partial charge in [0.15, 0.2) is 0 Å². The second-order valence-corrected chi connectivity index (χ2v) is 10.0. The number of ether oxygens (including phenoxy) is 1. The van der Waals surface area contributed by atoms with Crippen molar-refractivity contribution in [1.29, 1.82) is 0 Å². The molecule has 0 aliphatic heterocycles. The van der Waals surface area contributed by atoms with E-state index in [9.17, 15) is 9.59 Å². The van der Waals surface area contributed by atoms with Crippen LogP contribution in [0.1, 0.15) is 50.2 Å². The predicted molar refractivity (Wildman–Crippen MR) is 139 cm³/mol. The molecule has 0 saturated carbocycles. The summed E-state index contributed by atoms with van der Waals surface area (Å²) in [6.07, 6.45) is 2.73. The lowest BCUT2D eigenvalue weighted by atomic mass is 9.88. The summed E-state index contributed by atoms with van der Waals surface area (Å²) in [5.41, 5.74) is 5.02. The molecule has 2 heterocycles. The van der Waals surface area contributed by atoms with Crippen molar-refractivity contribution < 1.29 is 14.3 Å². The molecule has 0 fully saturated rings. The van der Waals surface area contributed by atoms with Gasteiger partial charge in [-0.15, -0.1) is 11.3 Å². The van der Waals surface area contributed by atoms with Gasteiger partial charge in [0.1, 0.15) is 10.7 Å². The molecular formula is C28H27N3O3S. The second-order valence-electron chi connectivity index (χ2n) is 8.92. The highest BCUT2D eigenvalue weighted by Crippen LogP contribution is 2.40. The topological polar surface area (TPSA) is 73.2 Å². The molecule has 0 saturated heterocycles. The van der Waals surface area contributed by atoms with Gasteiger partial charge in [-0.1, -0.05) is 55.5 Å². The second kappa shape index (κ2) is 9.50. The molecule has 1 atom stereocenters. The molecule has 1 aliphatic carbocycles. The summed E-state index contributed by atoms with van der Waals surface area (Å²) in [4.78, 5) is 27.7. The number of para-hydroxylation sites is 1. The fraction of sp³-hybridized carbons (Fsp3) is 0.250. The van der Waals surface area contributed by atoms with Crippen LogP contribution >= 0.6 is 11.3 Å². The number of benzene rings is 2. The number of rotatable bonds is 5. The van der Waals surface area contributed by atoms with Gasteiger partial charge in [-0.05, 0) is 49.8 Å². The van der Waals surface area contributed by atoms with Crippen LogP contribution in [-0.2, 0) is 17.6 Å². The van der Waals surface area contributed by atoms with E-state index < -0.39 is 5.97 Å². The highest BCUT2D eigenvalue weighted by Gasteiger charge is 2.30. The van der Waals surface area contributed by atoms with Gasteiger partial charge >= 0.3 is 5.97 Å². The number of hydrogen-bond acceptors (Lipinski definition) is 5.